The van der Waals surface area contributed by atoms with Crippen molar-refractivity contribution in [2.24, 2.45) is 0 Å². The number of nitrogens with one attached hydrogen (secondary N) is 1. The van der Waals surface area contributed by atoms with E-state index in [1.165, 1.54) is 5.56 Å². The fourth-order valence-electron chi connectivity index (χ4n) is 4.41. The molecule has 0 bridgehead atoms. The van der Waals surface area contributed by atoms with Gasteiger partial charge in [-0.1, -0.05) is 46.3 Å². The minimum Gasteiger partial charge on any atom is -0.385 e. The summed E-state index contributed by atoms with van der Waals surface area (Å²) in [5, 5.41) is 3.59. The molecule has 5 rings (SSSR count). The lowest BCUT2D eigenvalue weighted by Gasteiger charge is -2.28. The Labute approximate surface area is 209 Å². The fourth-order valence-corrected chi connectivity index (χ4v) is 4.81. The van der Waals surface area contributed by atoms with E-state index in [9.17, 15) is 4.79 Å². The average molecular weight is 520 g/mol. The highest BCUT2D eigenvalue weighted by molar-refractivity contribution is 9.10. The molecule has 176 valence electrons. The highest BCUT2D eigenvalue weighted by Gasteiger charge is 2.27. The molecule has 1 fully saturated rings. The summed E-state index contributed by atoms with van der Waals surface area (Å²) >= 11 is 3.60. The van der Waals surface area contributed by atoms with Gasteiger partial charge in [0.2, 0.25) is 0 Å². The second kappa shape index (κ2) is 10.7. The van der Waals surface area contributed by atoms with Crippen molar-refractivity contribution in [2.75, 3.05) is 31.5 Å². The van der Waals surface area contributed by atoms with Crippen LogP contribution in [0.4, 0.5) is 5.69 Å². The molecule has 1 aromatic heterocycles. The van der Waals surface area contributed by atoms with Crippen molar-refractivity contribution in [3.63, 3.8) is 0 Å². The van der Waals surface area contributed by atoms with Crippen LogP contribution < -0.4 is 5.32 Å². The van der Waals surface area contributed by atoms with Gasteiger partial charge >= 0.3 is 0 Å². The third kappa shape index (κ3) is 5.83. The van der Waals surface area contributed by atoms with Crippen molar-refractivity contribution in [3.05, 3.63) is 87.9 Å². The number of aromatic nitrogens is 2. The number of fused-ring (bicyclic) bond motifs is 1. The SMILES string of the molecule is O=C(c1cnc(C2CC2)nc1)N1CCN(Cc2ccccc2)CCCNc2ccc(Br)cc2C1. The second-order valence-electron chi connectivity index (χ2n) is 9.17. The third-order valence-corrected chi connectivity index (χ3v) is 6.97. The molecule has 0 unspecified atom stereocenters. The minimum absolute atomic E-state index is 0.0211. The summed E-state index contributed by atoms with van der Waals surface area (Å²) in [5.41, 5.74) is 4.03. The fraction of sp³-hybridized carbons (Fsp3) is 0.370. The molecule has 34 heavy (non-hydrogen) atoms. The molecule has 1 N–H and O–H groups in total. The first-order valence-electron chi connectivity index (χ1n) is 12.1. The van der Waals surface area contributed by atoms with Gasteiger partial charge in [0.1, 0.15) is 5.82 Å². The number of rotatable bonds is 4. The highest BCUT2D eigenvalue weighted by Crippen LogP contribution is 2.37. The van der Waals surface area contributed by atoms with Gasteiger partial charge in [0.25, 0.3) is 5.91 Å². The van der Waals surface area contributed by atoms with Gasteiger partial charge in [-0.15, -0.1) is 0 Å². The zero-order chi connectivity index (χ0) is 23.3. The van der Waals surface area contributed by atoms with Crippen molar-refractivity contribution in [3.8, 4) is 0 Å². The molecule has 1 saturated carbocycles. The molecule has 0 saturated heterocycles. The van der Waals surface area contributed by atoms with Crippen LogP contribution in [0.25, 0.3) is 0 Å². The Bertz CT molecular complexity index is 1120. The number of carbonyl (C=O) groups excluding carboxylic acids is 1. The lowest BCUT2D eigenvalue weighted by atomic mass is 10.1. The van der Waals surface area contributed by atoms with Crippen molar-refractivity contribution >= 4 is 27.5 Å². The van der Waals surface area contributed by atoms with Gasteiger partial charge < -0.3 is 10.2 Å². The highest BCUT2D eigenvalue weighted by atomic mass is 79.9. The maximum absolute atomic E-state index is 13.6. The van der Waals surface area contributed by atoms with Crippen LogP contribution in [0.15, 0.2) is 65.4 Å². The Kier molecular flexibility index (Phi) is 7.21. The number of nitrogens with zero attached hydrogens (tertiary/aromatic N) is 4. The molecule has 1 aliphatic carbocycles. The molecule has 2 heterocycles. The smallest absolute Gasteiger partial charge is 0.257 e. The van der Waals surface area contributed by atoms with Crippen LogP contribution in [0.3, 0.4) is 0 Å². The Morgan fingerprint density at radius 1 is 1.03 bits per heavy atom. The predicted octanol–water partition coefficient (Wildman–Crippen LogP) is 5.08. The molecule has 6 nitrogen and oxygen atoms in total. The van der Waals surface area contributed by atoms with Crippen LogP contribution in [0.2, 0.25) is 0 Å². The van der Waals surface area contributed by atoms with Crippen LogP contribution in [0.1, 0.15) is 52.5 Å². The molecule has 0 atom stereocenters. The first kappa shape index (κ1) is 23.0. The zero-order valence-electron chi connectivity index (χ0n) is 19.3. The number of carbonyl (C=O) groups is 1. The van der Waals surface area contributed by atoms with E-state index in [4.69, 9.17) is 0 Å². The molecular weight excluding hydrogens is 490 g/mol. The normalized spacial score (nSPS) is 17.4. The number of hydrogen-bond acceptors (Lipinski definition) is 5. The number of benzene rings is 2. The third-order valence-electron chi connectivity index (χ3n) is 6.48. The number of halogens is 1. The Morgan fingerprint density at radius 2 is 1.82 bits per heavy atom. The van der Waals surface area contributed by atoms with Crippen molar-refractivity contribution in [1.82, 2.24) is 19.8 Å². The summed E-state index contributed by atoms with van der Waals surface area (Å²) in [6.45, 7) is 4.72. The standard InChI is InChI=1S/C27H30BrN5O/c28-24-9-10-25-22(15-24)19-33(27(34)23-16-30-26(31-17-23)21-7-8-21)14-13-32(12-4-11-29-25)18-20-5-2-1-3-6-20/h1-3,5-6,9-10,15-17,21,29H,4,7-8,11-14,18-19H2. The van der Waals surface area contributed by atoms with E-state index in [2.05, 4.69) is 72.5 Å². The van der Waals surface area contributed by atoms with Gasteiger partial charge in [0.15, 0.2) is 0 Å². The van der Waals surface area contributed by atoms with Gasteiger partial charge in [-0.3, -0.25) is 9.69 Å². The molecule has 2 aromatic carbocycles. The van der Waals surface area contributed by atoms with E-state index in [0.29, 0.717) is 24.6 Å². The maximum atomic E-state index is 13.6. The van der Waals surface area contributed by atoms with Crippen LogP contribution in [0, 0.1) is 0 Å². The van der Waals surface area contributed by atoms with Gasteiger partial charge in [-0.25, -0.2) is 9.97 Å². The average Bonchev–Trinajstić information content (AvgIpc) is 3.71. The number of amides is 1. The summed E-state index contributed by atoms with van der Waals surface area (Å²) in [6, 6.07) is 16.8. The Balaban J connectivity index is 1.39. The molecule has 7 heteroatoms. The lowest BCUT2D eigenvalue weighted by molar-refractivity contribution is 0.0719. The predicted molar refractivity (Wildman–Crippen MR) is 138 cm³/mol. The van der Waals surface area contributed by atoms with Crippen molar-refractivity contribution in [1.29, 1.82) is 0 Å². The van der Waals surface area contributed by atoms with Gasteiger partial charge in [0, 0.05) is 67.7 Å². The maximum Gasteiger partial charge on any atom is 0.257 e. The topological polar surface area (TPSA) is 61.4 Å². The summed E-state index contributed by atoms with van der Waals surface area (Å²) in [7, 11) is 0. The largest absolute Gasteiger partial charge is 0.385 e. The Hall–Kier alpha value is -2.77. The first-order valence-corrected chi connectivity index (χ1v) is 12.8. The van der Waals surface area contributed by atoms with Crippen LogP contribution in [-0.4, -0.2) is 51.9 Å². The van der Waals surface area contributed by atoms with E-state index < -0.39 is 0 Å². The number of hydrogen-bond donors (Lipinski definition) is 1. The summed E-state index contributed by atoms with van der Waals surface area (Å²) in [5.74, 6) is 1.32. The molecule has 0 radical (unpaired) electrons. The lowest BCUT2D eigenvalue weighted by Crippen LogP contribution is -2.38. The van der Waals surface area contributed by atoms with Crippen molar-refractivity contribution in [2.45, 2.75) is 38.3 Å². The van der Waals surface area contributed by atoms with E-state index in [0.717, 1.165) is 67.0 Å². The Morgan fingerprint density at radius 3 is 2.59 bits per heavy atom. The van der Waals surface area contributed by atoms with E-state index >= 15 is 0 Å². The van der Waals surface area contributed by atoms with Gasteiger partial charge in [0.05, 0.1) is 5.56 Å². The second-order valence-corrected chi connectivity index (χ2v) is 10.1. The molecular formula is C27H30BrN5O. The van der Waals surface area contributed by atoms with Crippen LogP contribution >= 0.6 is 15.9 Å². The summed E-state index contributed by atoms with van der Waals surface area (Å²) in [4.78, 5) is 27.0. The van der Waals surface area contributed by atoms with E-state index in [1.807, 2.05) is 17.0 Å². The van der Waals surface area contributed by atoms with Gasteiger partial charge in [-0.05, 0) is 48.6 Å². The minimum atomic E-state index is -0.0211. The molecule has 3 aromatic rings. The van der Waals surface area contributed by atoms with E-state index in [1.54, 1.807) is 12.4 Å². The first-order chi connectivity index (χ1) is 16.7. The monoisotopic (exact) mass is 519 g/mol. The molecule has 0 spiro atoms. The van der Waals surface area contributed by atoms with Crippen molar-refractivity contribution < 1.29 is 4.79 Å². The van der Waals surface area contributed by atoms with Gasteiger partial charge in [-0.2, -0.15) is 0 Å². The number of anilines is 1. The van der Waals surface area contributed by atoms with Crippen LogP contribution in [-0.2, 0) is 13.1 Å². The quantitative estimate of drug-likeness (QED) is 0.520. The molecule has 1 amide bonds. The summed E-state index contributed by atoms with van der Waals surface area (Å²) in [6.07, 6.45) is 6.74. The summed E-state index contributed by atoms with van der Waals surface area (Å²) < 4.78 is 1.01. The van der Waals surface area contributed by atoms with Crippen LogP contribution in [0.5, 0.6) is 0 Å². The van der Waals surface area contributed by atoms with E-state index in [-0.39, 0.29) is 5.91 Å². The molecule has 2 aliphatic rings. The zero-order valence-corrected chi connectivity index (χ0v) is 20.9. The molecule has 1 aliphatic heterocycles.